The normalized spacial score (nSPS) is 14.4. The predicted molar refractivity (Wildman–Crippen MR) is 129 cm³/mol. The maximum Gasteiger partial charge on any atom is 0.264 e. The van der Waals surface area contributed by atoms with Gasteiger partial charge < -0.3 is 14.4 Å². The van der Waals surface area contributed by atoms with Crippen LogP contribution in [0.4, 0.5) is 5.69 Å². The van der Waals surface area contributed by atoms with Gasteiger partial charge in [0.05, 0.1) is 0 Å². The van der Waals surface area contributed by atoms with Gasteiger partial charge in [-0.1, -0.05) is 35.9 Å². The molecule has 0 unspecified atom stereocenters. The summed E-state index contributed by atoms with van der Waals surface area (Å²) in [6, 6.07) is 22.7. The van der Waals surface area contributed by atoms with Crippen molar-refractivity contribution in [1.29, 1.82) is 5.26 Å². The summed E-state index contributed by atoms with van der Waals surface area (Å²) in [4.78, 5) is 17.2. The molecule has 2 aromatic carbocycles. The molecule has 1 saturated heterocycles. The molecule has 0 radical (unpaired) electrons. The van der Waals surface area contributed by atoms with Crippen LogP contribution in [0.25, 0.3) is 11.8 Å². The average Bonchev–Trinajstić information content (AvgIpc) is 3.11. The Bertz CT molecular complexity index is 1170. The van der Waals surface area contributed by atoms with Crippen LogP contribution in [-0.2, 0) is 4.79 Å². The molecule has 1 aliphatic heterocycles. The van der Waals surface area contributed by atoms with E-state index >= 15 is 0 Å². The van der Waals surface area contributed by atoms with Crippen LogP contribution < -0.4 is 4.90 Å². The van der Waals surface area contributed by atoms with Crippen molar-refractivity contribution in [2.24, 2.45) is 0 Å². The highest BCUT2D eigenvalue weighted by molar-refractivity contribution is 6.02. The standard InChI is InChI=1S/C27H28N4O/c1-20-9-11-26(12-10-20)31-21(2)17-23(22(31)3)18-24(19-28)27(32)30-15-13-29(14-16-30)25-7-5-4-6-8-25/h4-12,17-18H,13-16H2,1-3H3/b24-18+. The van der Waals surface area contributed by atoms with E-state index in [1.807, 2.05) is 38.1 Å². The van der Waals surface area contributed by atoms with Crippen LogP contribution >= 0.6 is 0 Å². The number of para-hydroxylation sites is 1. The fraction of sp³-hybridized carbons (Fsp3) is 0.259. The molecule has 4 rings (SSSR count). The van der Waals surface area contributed by atoms with Crippen LogP contribution in [0.2, 0.25) is 0 Å². The Hall–Kier alpha value is -3.78. The monoisotopic (exact) mass is 424 g/mol. The first-order valence-electron chi connectivity index (χ1n) is 10.9. The van der Waals surface area contributed by atoms with Crippen LogP contribution in [0.1, 0.15) is 22.5 Å². The molecular weight excluding hydrogens is 396 g/mol. The summed E-state index contributed by atoms with van der Waals surface area (Å²) in [6.07, 6.45) is 1.74. The highest BCUT2D eigenvalue weighted by Gasteiger charge is 2.24. The zero-order valence-electron chi connectivity index (χ0n) is 18.9. The molecule has 32 heavy (non-hydrogen) atoms. The molecule has 0 bridgehead atoms. The van der Waals surface area contributed by atoms with Crippen LogP contribution in [0.15, 0.2) is 66.2 Å². The van der Waals surface area contributed by atoms with Crippen molar-refractivity contribution in [2.75, 3.05) is 31.1 Å². The van der Waals surface area contributed by atoms with E-state index in [0.29, 0.717) is 13.1 Å². The quantitative estimate of drug-likeness (QED) is 0.452. The van der Waals surface area contributed by atoms with Crippen molar-refractivity contribution in [3.8, 4) is 11.8 Å². The zero-order valence-corrected chi connectivity index (χ0v) is 18.9. The Morgan fingerprint density at radius 3 is 2.19 bits per heavy atom. The molecule has 5 heteroatoms. The number of hydrogen-bond donors (Lipinski definition) is 0. The molecule has 162 valence electrons. The van der Waals surface area contributed by atoms with E-state index in [1.54, 1.807) is 11.0 Å². The third-order valence-corrected chi connectivity index (χ3v) is 6.10. The van der Waals surface area contributed by atoms with Gasteiger partial charge in [0, 0.05) is 48.9 Å². The van der Waals surface area contributed by atoms with Crippen LogP contribution in [0.5, 0.6) is 0 Å². The summed E-state index contributed by atoms with van der Waals surface area (Å²) in [5, 5.41) is 9.75. The molecule has 0 atom stereocenters. The maximum absolute atomic E-state index is 13.1. The Balaban J connectivity index is 1.52. The number of hydrogen-bond acceptors (Lipinski definition) is 3. The van der Waals surface area contributed by atoms with E-state index in [4.69, 9.17) is 0 Å². The number of rotatable bonds is 4. The number of aryl methyl sites for hydroxylation is 2. The van der Waals surface area contributed by atoms with E-state index < -0.39 is 0 Å². The van der Waals surface area contributed by atoms with E-state index in [1.165, 1.54) is 11.3 Å². The van der Waals surface area contributed by atoms with Gasteiger partial charge in [-0.05, 0) is 62.7 Å². The molecular formula is C27H28N4O. The summed E-state index contributed by atoms with van der Waals surface area (Å²) in [6.45, 7) is 8.87. The highest BCUT2D eigenvalue weighted by atomic mass is 16.2. The molecule has 0 aliphatic carbocycles. The second-order valence-corrected chi connectivity index (χ2v) is 8.28. The lowest BCUT2D eigenvalue weighted by molar-refractivity contribution is -0.126. The minimum Gasteiger partial charge on any atom is -0.368 e. The minimum absolute atomic E-state index is 0.183. The van der Waals surface area contributed by atoms with Crippen molar-refractivity contribution >= 4 is 17.7 Å². The Labute approximate surface area is 189 Å². The Morgan fingerprint density at radius 1 is 0.906 bits per heavy atom. The van der Waals surface area contributed by atoms with Gasteiger partial charge >= 0.3 is 0 Å². The first-order valence-corrected chi connectivity index (χ1v) is 10.9. The summed E-state index contributed by atoms with van der Waals surface area (Å²) >= 11 is 0. The molecule has 5 nitrogen and oxygen atoms in total. The molecule has 1 aliphatic rings. The van der Waals surface area contributed by atoms with Crippen LogP contribution in [0.3, 0.4) is 0 Å². The van der Waals surface area contributed by atoms with Gasteiger partial charge in [-0.25, -0.2) is 0 Å². The fourth-order valence-electron chi connectivity index (χ4n) is 4.30. The summed E-state index contributed by atoms with van der Waals surface area (Å²) in [7, 11) is 0. The first kappa shape index (κ1) is 21.5. The van der Waals surface area contributed by atoms with Gasteiger partial charge in [0.2, 0.25) is 0 Å². The topological polar surface area (TPSA) is 52.3 Å². The highest BCUT2D eigenvalue weighted by Crippen LogP contribution is 2.24. The third kappa shape index (κ3) is 4.31. The third-order valence-electron chi connectivity index (χ3n) is 6.10. The summed E-state index contributed by atoms with van der Waals surface area (Å²) < 4.78 is 2.16. The molecule has 1 amide bonds. The van der Waals surface area contributed by atoms with Crippen molar-refractivity contribution < 1.29 is 4.79 Å². The van der Waals surface area contributed by atoms with Crippen LogP contribution in [0, 0.1) is 32.1 Å². The lowest BCUT2D eigenvalue weighted by atomic mass is 10.1. The summed E-state index contributed by atoms with van der Waals surface area (Å²) in [5.74, 6) is -0.194. The minimum atomic E-state index is -0.194. The number of aromatic nitrogens is 1. The Kier molecular flexibility index (Phi) is 6.13. The Morgan fingerprint density at radius 2 is 1.56 bits per heavy atom. The first-order chi connectivity index (χ1) is 15.5. The summed E-state index contributed by atoms with van der Waals surface area (Å²) in [5.41, 5.74) is 6.62. The van der Waals surface area contributed by atoms with E-state index in [-0.39, 0.29) is 11.5 Å². The predicted octanol–water partition coefficient (Wildman–Crippen LogP) is 4.66. The number of carbonyl (C=O) groups is 1. The molecule has 3 aromatic rings. The van der Waals surface area contributed by atoms with Gasteiger partial charge in [-0.15, -0.1) is 0 Å². The van der Waals surface area contributed by atoms with E-state index in [2.05, 4.69) is 58.9 Å². The fourth-order valence-corrected chi connectivity index (χ4v) is 4.30. The smallest absolute Gasteiger partial charge is 0.264 e. The van der Waals surface area contributed by atoms with Gasteiger partial charge in [-0.3, -0.25) is 4.79 Å². The van der Waals surface area contributed by atoms with Crippen molar-refractivity contribution in [3.05, 3.63) is 88.8 Å². The second kappa shape index (κ2) is 9.15. The SMILES string of the molecule is Cc1ccc(-n2c(C)cc(/C=C(\C#N)C(=O)N3CCN(c4ccccc4)CC3)c2C)cc1. The second-order valence-electron chi connectivity index (χ2n) is 8.28. The molecule has 0 spiro atoms. The van der Waals surface area contributed by atoms with Crippen molar-refractivity contribution in [2.45, 2.75) is 20.8 Å². The van der Waals surface area contributed by atoms with Gasteiger partial charge in [-0.2, -0.15) is 5.26 Å². The van der Waals surface area contributed by atoms with Crippen molar-refractivity contribution in [3.63, 3.8) is 0 Å². The number of nitrogens with zero attached hydrogens (tertiary/aromatic N) is 4. The molecule has 0 N–H and O–H groups in total. The molecule has 1 fully saturated rings. The lowest BCUT2D eigenvalue weighted by Gasteiger charge is -2.36. The van der Waals surface area contributed by atoms with Crippen LogP contribution in [-0.4, -0.2) is 41.6 Å². The molecule has 2 heterocycles. The molecule has 1 aromatic heterocycles. The zero-order chi connectivity index (χ0) is 22.7. The van der Waals surface area contributed by atoms with E-state index in [9.17, 15) is 10.1 Å². The number of anilines is 1. The average molecular weight is 425 g/mol. The van der Waals surface area contributed by atoms with E-state index in [0.717, 1.165) is 35.7 Å². The maximum atomic E-state index is 13.1. The number of carbonyl (C=O) groups excluding carboxylic acids is 1. The largest absolute Gasteiger partial charge is 0.368 e. The number of nitriles is 1. The van der Waals surface area contributed by atoms with Gasteiger partial charge in [0.25, 0.3) is 5.91 Å². The number of benzene rings is 2. The molecule has 0 saturated carbocycles. The lowest BCUT2D eigenvalue weighted by Crippen LogP contribution is -2.49. The number of amides is 1. The van der Waals surface area contributed by atoms with Gasteiger partial charge in [0.1, 0.15) is 11.6 Å². The number of piperazine rings is 1. The van der Waals surface area contributed by atoms with Gasteiger partial charge in [0.15, 0.2) is 0 Å². The van der Waals surface area contributed by atoms with Crippen molar-refractivity contribution in [1.82, 2.24) is 9.47 Å².